The Kier molecular flexibility index (Phi) is 5.09. The molecule has 0 aliphatic carbocycles. The average molecular weight is 300 g/mol. The van der Waals surface area contributed by atoms with E-state index in [0.29, 0.717) is 35.2 Å². The zero-order valence-corrected chi connectivity index (χ0v) is 12.3. The summed E-state index contributed by atoms with van der Waals surface area (Å²) in [5.41, 5.74) is 0.714. The van der Waals surface area contributed by atoms with Crippen molar-refractivity contribution < 1.29 is 19.0 Å². The second kappa shape index (κ2) is 6.81. The number of carbonyl (C=O) groups is 1. The van der Waals surface area contributed by atoms with Gasteiger partial charge >= 0.3 is 5.97 Å². The van der Waals surface area contributed by atoms with Gasteiger partial charge in [-0.3, -0.25) is 0 Å². The third-order valence-corrected chi connectivity index (χ3v) is 3.18. The van der Waals surface area contributed by atoms with Crippen molar-refractivity contribution in [2.24, 2.45) is 0 Å². The van der Waals surface area contributed by atoms with Crippen LogP contribution in [-0.4, -0.2) is 25.9 Å². The number of esters is 1. The van der Waals surface area contributed by atoms with Crippen molar-refractivity contribution >= 4 is 17.6 Å². The number of nitrogens with one attached hydrogen (secondary N) is 1. The molecule has 5 nitrogen and oxygen atoms in total. The number of hydrogen-bond acceptors (Lipinski definition) is 5. The summed E-state index contributed by atoms with van der Waals surface area (Å²) in [4.78, 5) is 12.1. The summed E-state index contributed by atoms with van der Waals surface area (Å²) < 4.78 is 15.7. The summed E-state index contributed by atoms with van der Waals surface area (Å²) in [5.74, 6) is 0.754. The van der Waals surface area contributed by atoms with E-state index in [0.717, 1.165) is 6.42 Å². The van der Waals surface area contributed by atoms with E-state index in [-0.39, 0.29) is 12.8 Å². The second-order valence-corrected chi connectivity index (χ2v) is 4.78. The van der Waals surface area contributed by atoms with Gasteiger partial charge in [-0.15, -0.1) is 0 Å². The van der Waals surface area contributed by atoms with Gasteiger partial charge in [0.2, 0.25) is 6.79 Å². The van der Waals surface area contributed by atoms with Crippen LogP contribution in [0.1, 0.15) is 31.9 Å². The lowest BCUT2D eigenvalue weighted by Crippen LogP contribution is -2.30. The van der Waals surface area contributed by atoms with E-state index in [4.69, 9.17) is 25.8 Å². The van der Waals surface area contributed by atoms with Crippen molar-refractivity contribution in [1.82, 2.24) is 5.32 Å². The van der Waals surface area contributed by atoms with E-state index in [9.17, 15) is 4.79 Å². The largest absolute Gasteiger partial charge is 0.465 e. The molecule has 6 heteroatoms. The number of halogens is 1. The molecule has 0 saturated heterocycles. The van der Waals surface area contributed by atoms with Crippen molar-refractivity contribution in [2.45, 2.75) is 26.3 Å². The number of fused-ring (bicyclic) bond motifs is 1. The van der Waals surface area contributed by atoms with Gasteiger partial charge in [-0.1, -0.05) is 18.5 Å². The first kappa shape index (κ1) is 14.9. The highest BCUT2D eigenvalue weighted by atomic mass is 35.5. The fraction of sp³-hybridized carbons (Fsp3) is 0.500. The van der Waals surface area contributed by atoms with Crippen molar-refractivity contribution in [1.29, 1.82) is 0 Å². The molecule has 0 spiro atoms. The molecule has 1 aromatic rings. The third kappa shape index (κ3) is 3.16. The Morgan fingerprint density at radius 1 is 1.45 bits per heavy atom. The molecule has 1 aliphatic heterocycles. The predicted molar refractivity (Wildman–Crippen MR) is 75.2 cm³/mol. The molecular formula is C14H18ClNO4. The Morgan fingerprint density at radius 3 is 2.95 bits per heavy atom. The summed E-state index contributed by atoms with van der Waals surface area (Å²) in [6, 6.07) is 2.92. The van der Waals surface area contributed by atoms with Crippen molar-refractivity contribution in [3.8, 4) is 11.5 Å². The molecule has 1 atom stereocenters. The highest BCUT2D eigenvalue weighted by molar-refractivity contribution is 6.32. The molecule has 110 valence electrons. The summed E-state index contributed by atoms with van der Waals surface area (Å²) >= 11 is 6.15. The Bertz CT molecular complexity index is 492. The minimum absolute atomic E-state index is 0.144. The molecule has 0 bridgehead atoms. The molecule has 0 fully saturated rings. The van der Waals surface area contributed by atoms with Crippen LogP contribution in [0.4, 0.5) is 0 Å². The van der Waals surface area contributed by atoms with Gasteiger partial charge in [0.1, 0.15) is 6.04 Å². The fourth-order valence-corrected chi connectivity index (χ4v) is 2.28. The van der Waals surface area contributed by atoms with Crippen LogP contribution in [-0.2, 0) is 9.53 Å². The van der Waals surface area contributed by atoms with Gasteiger partial charge in [0.15, 0.2) is 11.5 Å². The van der Waals surface area contributed by atoms with Crippen LogP contribution in [0.3, 0.4) is 0 Å². The Morgan fingerprint density at radius 2 is 2.25 bits per heavy atom. The van der Waals surface area contributed by atoms with Gasteiger partial charge in [0, 0.05) is 0 Å². The smallest absolute Gasteiger partial charge is 0.327 e. The van der Waals surface area contributed by atoms with Gasteiger partial charge in [-0.2, -0.15) is 0 Å². The van der Waals surface area contributed by atoms with Crippen LogP contribution in [0.5, 0.6) is 11.5 Å². The first-order valence-electron chi connectivity index (χ1n) is 6.66. The predicted octanol–water partition coefficient (Wildman–Crippen LogP) is 2.67. The minimum Gasteiger partial charge on any atom is -0.465 e. The van der Waals surface area contributed by atoms with Crippen LogP contribution in [0, 0.1) is 0 Å². The first-order valence-corrected chi connectivity index (χ1v) is 7.04. The molecule has 1 N–H and O–H groups in total. The topological polar surface area (TPSA) is 56.8 Å². The zero-order chi connectivity index (χ0) is 14.5. The van der Waals surface area contributed by atoms with Gasteiger partial charge in [0.25, 0.3) is 0 Å². The quantitative estimate of drug-likeness (QED) is 0.819. The van der Waals surface area contributed by atoms with Crippen LogP contribution >= 0.6 is 11.6 Å². The van der Waals surface area contributed by atoms with Crippen LogP contribution in [0.2, 0.25) is 5.02 Å². The number of rotatable bonds is 6. The zero-order valence-electron chi connectivity index (χ0n) is 11.6. The number of carbonyl (C=O) groups excluding carboxylic acids is 1. The Balaban J connectivity index is 2.28. The Labute approximate surface area is 123 Å². The van der Waals surface area contributed by atoms with Gasteiger partial charge in [-0.25, -0.2) is 4.79 Å². The maximum absolute atomic E-state index is 12.1. The van der Waals surface area contributed by atoms with Gasteiger partial charge < -0.3 is 19.5 Å². The Hall–Kier alpha value is -1.46. The summed E-state index contributed by atoms with van der Waals surface area (Å²) in [7, 11) is 0. The van der Waals surface area contributed by atoms with E-state index >= 15 is 0 Å². The van der Waals surface area contributed by atoms with E-state index in [2.05, 4.69) is 5.32 Å². The fourth-order valence-electron chi connectivity index (χ4n) is 2.01. The highest BCUT2D eigenvalue weighted by Gasteiger charge is 2.26. The van der Waals surface area contributed by atoms with Crippen LogP contribution in [0.25, 0.3) is 0 Å². The summed E-state index contributed by atoms with van der Waals surface area (Å²) in [6.45, 7) is 4.99. The monoisotopic (exact) mass is 299 g/mol. The summed E-state index contributed by atoms with van der Waals surface area (Å²) in [5, 5.41) is 3.59. The third-order valence-electron chi connectivity index (χ3n) is 2.90. The standard InChI is InChI=1S/C14H18ClNO4/c1-3-5-16-12(14(17)18-4-2)9-6-10(15)13-11(7-9)19-8-20-13/h6-7,12,16H,3-5,8H2,1-2H3. The highest BCUT2D eigenvalue weighted by Crippen LogP contribution is 2.41. The molecule has 0 aromatic heterocycles. The molecule has 2 rings (SSSR count). The van der Waals surface area contributed by atoms with Gasteiger partial charge in [-0.05, 0) is 37.6 Å². The van der Waals surface area contributed by atoms with Gasteiger partial charge in [0.05, 0.1) is 11.6 Å². The van der Waals surface area contributed by atoms with Crippen molar-refractivity contribution in [3.05, 3.63) is 22.7 Å². The molecule has 1 unspecified atom stereocenters. The number of benzene rings is 1. The summed E-state index contributed by atoms with van der Waals surface area (Å²) in [6.07, 6.45) is 0.911. The second-order valence-electron chi connectivity index (χ2n) is 4.38. The molecule has 1 heterocycles. The van der Waals surface area contributed by atoms with Crippen LogP contribution in [0.15, 0.2) is 12.1 Å². The van der Waals surface area contributed by atoms with Crippen molar-refractivity contribution in [2.75, 3.05) is 19.9 Å². The van der Waals surface area contributed by atoms with E-state index in [1.165, 1.54) is 0 Å². The van der Waals surface area contributed by atoms with E-state index in [1.807, 2.05) is 6.92 Å². The van der Waals surface area contributed by atoms with Crippen LogP contribution < -0.4 is 14.8 Å². The molecular weight excluding hydrogens is 282 g/mol. The lowest BCUT2D eigenvalue weighted by molar-refractivity contribution is -0.145. The number of ether oxygens (including phenoxy) is 3. The molecule has 1 aromatic carbocycles. The molecule has 0 radical (unpaired) electrons. The van der Waals surface area contributed by atoms with Crippen molar-refractivity contribution in [3.63, 3.8) is 0 Å². The van der Waals surface area contributed by atoms with E-state index in [1.54, 1.807) is 19.1 Å². The maximum Gasteiger partial charge on any atom is 0.327 e. The van der Waals surface area contributed by atoms with E-state index < -0.39 is 6.04 Å². The SMILES string of the molecule is CCCNC(C(=O)OCC)c1cc(Cl)c2c(c1)OCO2. The molecule has 20 heavy (non-hydrogen) atoms. The normalized spacial score (nSPS) is 14.2. The maximum atomic E-state index is 12.1. The average Bonchev–Trinajstić information content (AvgIpc) is 2.88. The minimum atomic E-state index is -0.554. The molecule has 0 amide bonds. The first-order chi connectivity index (χ1) is 9.67. The lowest BCUT2D eigenvalue weighted by Gasteiger charge is -2.18. The molecule has 1 aliphatic rings. The number of hydrogen-bond donors (Lipinski definition) is 1. The molecule has 0 saturated carbocycles. The lowest BCUT2D eigenvalue weighted by atomic mass is 10.1.